The van der Waals surface area contributed by atoms with Crippen LogP contribution in [0.1, 0.15) is 62.1 Å². The van der Waals surface area contributed by atoms with Gasteiger partial charge in [-0.1, -0.05) is 0 Å². The zero-order valence-electron chi connectivity index (χ0n) is 17.4. The summed E-state index contributed by atoms with van der Waals surface area (Å²) < 4.78 is 0. The average Bonchev–Trinajstić information content (AvgIpc) is 2.67. The number of hydrogen-bond donors (Lipinski definition) is 0. The average molecular weight is 653 g/mol. The molecule has 2 aromatic rings. The Labute approximate surface area is 237 Å². The number of hydrogen-bond acceptors (Lipinski definition) is 13. The molecule has 0 spiro atoms. The number of rotatable bonds is 6. The maximum Gasteiger partial charge on any atom is 3.00 e. The number of aromatic carboxylic acids is 6. The molecular formula is C18H13Fe3O16+2. The second-order valence-electron chi connectivity index (χ2n) is 5.32. The Morgan fingerprint density at radius 3 is 0.514 bits per heavy atom. The Hall–Kier alpha value is -3.34. The predicted molar refractivity (Wildman–Crippen MR) is 91.2 cm³/mol. The fourth-order valence-electron chi connectivity index (χ4n) is 1.96. The summed E-state index contributed by atoms with van der Waals surface area (Å²) in [5, 5.41) is 62.5. The van der Waals surface area contributed by atoms with Gasteiger partial charge >= 0.3 is 51.2 Å². The summed E-state index contributed by atoms with van der Waals surface area (Å²) in [6.07, 6.45) is 0. The molecule has 0 aromatic heterocycles. The SMILES string of the molecule is O=C([O-])c1cc(C(=O)[O-])cc(C(=O)[O-])c1.O=C([O-])c1cc(C(=O)[O-])cc(C(=O)[O-])c1.[Fe+3].[Fe+3].[Fe+3].[O-2].[OH-].[OH3+].[OH3+]. The summed E-state index contributed by atoms with van der Waals surface area (Å²) in [5.74, 6) is -10.1. The molecule has 2 aromatic carbocycles. The first-order valence-electron chi connectivity index (χ1n) is 7.41. The third-order valence-corrected chi connectivity index (χ3v) is 3.28. The summed E-state index contributed by atoms with van der Waals surface area (Å²) in [6, 6.07) is 4.48. The first kappa shape index (κ1) is 50.5. The summed E-state index contributed by atoms with van der Waals surface area (Å²) in [4.78, 5) is 62.5. The minimum Gasteiger partial charge on any atom is -2.00 e. The van der Waals surface area contributed by atoms with E-state index >= 15 is 0 Å². The number of benzene rings is 2. The van der Waals surface area contributed by atoms with E-state index in [4.69, 9.17) is 0 Å². The molecule has 0 amide bonds. The van der Waals surface area contributed by atoms with Crippen LogP contribution in [-0.4, -0.2) is 41.3 Å². The van der Waals surface area contributed by atoms with Crippen LogP contribution in [-0.2, 0) is 67.6 Å². The monoisotopic (exact) mass is 653 g/mol. The van der Waals surface area contributed by atoms with Gasteiger partial charge in [0.05, 0.1) is 35.8 Å². The molecule has 0 bridgehead atoms. The fraction of sp³-hybridized carbons (Fsp3) is 0. The molecule has 0 saturated carbocycles. The molecule has 2 rings (SSSR count). The van der Waals surface area contributed by atoms with Crippen LogP contribution in [0.15, 0.2) is 36.4 Å². The quantitative estimate of drug-likeness (QED) is 0.207. The van der Waals surface area contributed by atoms with Crippen LogP contribution in [0, 0.1) is 0 Å². The number of carbonyl (C=O) groups excluding carboxylic acids is 6. The van der Waals surface area contributed by atoms with Gasteiger partial charge in [-0.05, 0) is 69.8 Å². The summed E-state index contributed by atoms with van der Waals surface area (Å²) in [5.41, 5.74) is -3.36. The van der Waals surface area contributed by atoms with E-state index in [2.05, 4.69) is 0 Å². The van der Waals surface area contributed by atoms with Gasteiger partial charge in [0, 0.05) is 0 Å². The van der Waals surface area contributed by atoms with E-state index in [1.165, 1.54) is 0 Å². The normalized spacial score (nSPS) is 7.78. The molecule has 0 aliphatic carbocycles. The van der Waals surface area contributed by atoms with Crippen molar-refractivity contribution in [1.82, 2.24) is 0 Å². The summed E-state index contributed by atoms with van der Waals surface area (Å²) in [6.45, 7) is 0. The largest absolute Gasteiger partial charge is 3.00 e. The third kappa shape index (κ3) is 15.4. The molecule has 16 nitrogen and oxygen atoms in total. The molecular weight excluding hydrogens is 640 g/mol. The minimum absolute atomic E-state index is 0. The Kier molecular flexibility index (Phi) is 29.9. The van der Waals surface area contributed by atoms with E-state index in [0.717, 1.165) is 36.4 Å². The van der Waals surface area contributed by atoms with Crippen LogP contribution < -0.4 is 30.6 Å². The van der Waals surface area contributed by atoms with Gasteiger partial charge in [-0.25, -0.2) is 0 Å². The standard InChI is InChI=1S/2C9H6O6.3Fe.3H2O.O/c2*10-7(11)4-1-5(8(12)13)3-6(2-4)9(14)15;;;;;;;/h2*1-3H,(H,10,11)(H,12,13)(H,14,15);;;;3*1H2;/q;;3*+3;;;;-2/p-5. The number of carboxylic acids is 6. The van der Waals surface area contributed by atoms with Crippen LogP contribution in [0.3, 0.4) is 0 Å². The second kappa shape index (κ2) is 21.9. The molecule has 37 heavy (non-hydrogen) atoms. The minimum atomic E-state index is -1.68. The van der Waals surface area contributed by atoms with Crippen LogP contribution in [0.25, 0.3) is 0 Å². The summed E-state index contributed by atoms with van der Waals surface area (Å²) in [7, 11) is 0. The Morgan fingerprint density at radius 1 is 0.378 bits per heavy atom. The number of carboxylic acid groups (broad SMARTS) is 6. The molecule has 0 fully saturated rings. The molecule has 3 radical (unpaired) electrons. The van der Waals surface area contributed by atoms with E-state index in [0.29, 0.717) is 0 Å². The van der Waals surface area contributed by atoms with Crippen molar-refractivity contribution in [3.8, 4) is 0 Å². The van der Waals surface area contributed by atoms with Crippen molar-refractivity contribution in [1.29, 1.82) is 0 Å². The molecule has 0 heterocycles. The van der Waals surface area contributed by atoms with E-state index in [1.54, 1.807) is 0 Å². The topological polar surface area (TPSA) is 365 Å². The van der Waals surface area contributed by atoms with E-state index in [9.17, 15) is 59.4 Å². The van der Waals surface area contributed by atoms with Gasteiger partial charge < -0.3 is 81.3 Å². The Morgan fingerprint density at radius 2 is 0.459 bits per heavy atom. The van der Waals surface area contributed by atoms with Gasteiger partial charge in [0.2, 0.25) is 0 Å². The maximum absolute atomic E-state index is 10.4. The molecule has 19 heteroatoms. The van der Waals surface area contributed by atoms with Crippen molar-refractivity contribution >= 4 is 35.8 Å². The smallest absolute Gasteiger partial charge is 2.00 e. The van der Waals surface area contributed by atoms with E-state index in [1.807, 2.05) is 0 Å². The van der Waals surface area contributed by atoms with Crippen molar-refractivity contribution in [2.24, 2.45) is 0 Å². The molecule has 0 aliphatic heterocycles. The second-order valence-corrected chi connectivity index (χ2v) is 5.32. The zero-order valence-corrected chi connectivity index (χ0v) is 20.7. The predicted octanol–water partition coefficient (Wildman–Crippen LogP) is -8.59. The van der Waals surface area contributed by atoms with Crippen LogP contribution in [0.4, 0.5) is 0 Å². The van der Waals surface area contributed by atoms with Crippen molar-refractivity contribution in [3.63, 3.8) is 0 Å². The zero-order chi connectivity index (χ0) is 23.2. The first-order valence-corrected chi connectivity index (χ1v) is 7.41. The molecule has 203 valence electrons. The molecule has 0 saturated heterocycles. The first-order chi connectivity index (χ1) is 13.8. The Balaban J connectivity index is -0.0000000818. The van der Waals surface area contributed by atoms with Gasteiger partial charge in [0.1, 0.15) is 0 Å². The van der Waals surface area contributed by atoms with Gasteiger partial charge in [0.25, 0.3) is 0 Å². The van der Waals surface area contributed by atoms with Crippen molar-refractivity contribution < 1.29 is 133 Å². The fourth-order valence-corrected chi connectivity index (χ4v) is 1.96. The van der Waals surface area contributed by atoms with Gasteiger partial charge in [-0.15, -0.1) is 0 Å². The van der Waals surface area contributed by atoms with Crippen molar-refractivity contribution in [3.05, 3.63) is 69.8 Å². The third-order valence-electron chi connectivity index (χ3n) is 3.28. The Bertz CT molecular complexity index is 843. The number of carbonyl (C=O) groups is 6. The van der Waals surface area contributed by atoms with E-state index in [-0.39, 0.29) is 73.1 Å². The van der Waals surface area contributed by atoms with Crippen LogP contribution in [0.5, 0.6) is 0 Å². The van der Waals surface area contributed by atoms with E-state index < -0.39 is 69.2 Å². The summed E-state index contributed by atoms with van der Waals surface area (Å²) >= 11 is 0. The molecule has 0 unspecified atom stereocenters. The maximum atomic E-state index is 10.4. The van der Waals surface area contributed by atoms with Gasteiger partial charge in [0.15, 0.2) is 0 Å². The van der Waals surface area contributed by atoms with Gasteiger partial charge in [-0.2, -0.15) is 0 Å². The van der Waals surface area contributed by atoms with Gasteiger partial charge in [-0.3, -0.25) is 0 Å². The van der Waals surface area contributed by atoms with Crippen LogP contribution >= 0.6 is 0 Å². The van der Waals surface area contributed by atoms with Crippen molar-refractivity contribution in [2.45, 2.75) is 0 Å². The van der Waals surface area contributed by atoms with Crippen molar-refractivity contribution in [2.75, 3.05) is 0 Å². The molecule has 0 aliphatic rings. The van der Waals surface area contributed by atoms with Crippen LogP contribution in [0.2, 0.25) is 0 Å². The molecule has 7 N–H and O–H groups in total. The molecule has 0 atom stereocenters.